The van der Waals surface area contributed by atoms with Gasteiger partial charge >= 0.3 is 0 Å². The first-order chi connectivity index (χ1) is 7.95. The molecule has 102 valence electrons. The second-order valence-corrected chi connectivity index (χ2v) is 9.21. The lowest BCUT2D eigenvalue weighted by molar-refractivity contribution is 0.535. The lowest BCUT2D eigenvalue weighted by atomic mass is 10.2. The summed E-state index contributed by atoms with van der Waals surface area (Å²) >= 11 is 2.03. The molecule has 0 saturated heterocycles. The molecule has 1 saturated carbocycles. The summed E-state index contributed by atoms with van der Waals surface area (Å²) in [6, 6.07) is 0.529. The molecule has 3 nitrogen and oxygen atoms in total. The number of hydrogen-bond acceptors (Lipinski definition) is 4. The van der Waals surface area contributed by atoms with Crippen LogP contribution in [0.3, 0.4) is 0 Å². The van der Waals surface area contributed by atoms with Crippen LogP contribution in [0.15, 0.2) is 0 Å². The fraction of sp³-hybridized carbons (Fsp3) is 1.00. The van der Waals surface area contributed by atoms with Crippen molar-refractivity contribution < 1.29 is 8.42 Å². The fourth-order valence-electron chi connectivity index (χ4n) is 2.15. The molecule has 2 atom stereocenters. The zero-order valence-corrected chi connectivity index (χ0v) is 12.7. The van der Waals surface area contributed by atoms with E-state index in [1.54, 1.807) is 13.8 Å². The Morgan fingerprint density at radius 2 is 2.06 bits per heavy atom. The minimum Gasteiger partial charge on any atom is -0.313 e. The molecule has 0 amide bonds. The molecule has 1 fully saturated rings. The maximum absolute atomic E-state index is 11.6. The molecule has 0 aliphatic heterocycles. The molecule has 0 spiro atoms. The lowest BCUT2D eigenvalue weighted by Crippen LogP contribution is -2.33. The van der Waals surface area contributed by atoms with Crippen LogP contribution in [0.4, 0.5) is 0 Å². The van der Waals surface area contributed by atoms with Crippen molar-refractivity contribution in [2.75, 3.05) is 18.1 Å². The Hall–Kier alpha value is 0.260. The molecule has 0 radical (unpaired) electrons. The van der Waals surface area contributed by atoms with Gasteiger partial charge in [0.05, 0.1) is 11.0 Å². The normalized spacial score (nSPS) is 25.6. The third-order valence-electron chi connectivity index (χ3n) is 3.32. The summed E-state index contributed by atoms with van der Waals surface area (Å²) in [6.07, 6.45) is 3.66. The van der Waals surface area contributed by atoms with Crippen molar-refractivity contribution in [2.45, 2.75) is 56.6 Å². The van der Waals surface area contributed by atoms with Gasteiger partial charge in [-0.05, 0) is 38.9 Å². The fourth-order valence-corrected chi connectivity index (χ4v) is 4.17. The van der Waals surface area contributed by atoms with Crippen LogP contribution in [0.2, 0.25) is 0 Å². The molecule has 1 N–H and O–H groups in total. The summed E-state index contributed by atoms with van der Waals surface area (Å²) in [5, 5.41) is 3.91. The SMILES string of the molecule is CCSC1CCC(NCCS(=O)(=O)C(C)C)C1. The van der Waals surface area contributed by atoms with E-state index in [0.29, 0.717) is 12.6 Å². The van der Waals surface area contributed by atoms with Crippen molar-refractivity contribution in [3.63, 3.8) is 0 Å². The van der Waals surface area contributed by atoms with E-state index in [2.05, 4.69) is 12.2 Å². The Bertz CT molecular complexity index is 314. The number of sulfone groups is 1. The Morgan fingerprint density at radius 3 is 2.65 bits per heavy atom. The number of rotatable bonds is 7. The van der Waals surface area contributed by atoms with Crippen LogP contribution < -0.4 is 5.32 Å². The smallest absolute Gasteiger partial charge is 0.153 e. The molecule has 2 unspecified atom stereocenters. The number of thioether (sulfide) groups is 1. The van der Waals surface area contributed by atoms with Crippen LogP contribution in [0.5, 0.6) is 0 Å². The van der Waals surface area contributed by atoms with E-state index in [0.717, 1.165) is 5.25 Å². The largest absolute Gasteiger partial charge is 0.313 e. The summed E-state index contributed by atoms with van der Waals surface area (Å²) in [5.74, 6) is 1.45. The topological polar surface area (TPSA) is 46.2 Å². The van der Waals surface area contributed by atoms with E-state index in [1.807, 2.05) is 11.8 Å². The molecular weight excluding hydrogens is 254 g/mol. The van der Waals surface area contributed by atoms with Crippen molar-refractivity contribution in [1.82, 2.24) is 5.32 Å². The zero-order valence-electron chi connectivity index (χ0n) is 11.1. The van der Waals surface area contributed by atoms with Crippen LogP contribution in [0.25, 0.3) is 0 Å². The zero-order chi connectivity index (χ0) is 12.9. The van der Waals surface area contributed by atoms with Gasteiger partial charge in [0, 0.05) is 17.8 Å². The Morgan fingerprint density at radius 1 is 1.35 bits per heavy atom. The van der Waals surface area contributed by atoms with Gasteiger partial charge in [-0.1, -0.05) is 6.92 Å². The van der Waals surface area contributed by atoms with Crippen LogP contribution in [-0.4, -0.2) is 43.0 Å². The molecule has 0 heterocycles. The second kappa shape index (κ2) is 7.00. The Labute approximate surface area is 110 Å². The van der Waals surface area contributed by atoms with Crippen molar-refractivity contribution in [2.24, 2.45) is 0 Å². The quantitative estimate of drug-likeness (QED) is 0.775. The maximum atomic E-state index is 11.6. The standard InChI is InChI=1S/C12H25NO2S2/c1-4-16-12-6-5-11(9-12)13-7-8-17(14,15)10(2)3/h10-13H,4-9H2,1-3H3. The highest BCUT2D eigenvalue weighted by Crippen LogP contribution is 2.29. The first kappa shape index (κ1) is 15.3. The van der Waals surface area contributed by atoms with Crippen LogP contribution in [-0.2, 0) is 9.84 Å². The first-order valence-corrected chi connectivity index (χ1v) is 9.28. The molecule has 17 heavy (non-hydrogen) atoms. The van der Waals surface area contributed by atoms with E-state index in [9.17, 15) is 8.42 Å². The van der Waals surface area contributed by atoms with E-state index in [-0.39, 0.29) is 11.0 Å². The highest BCUT2D eigenvalue weighted by atomic mass is 32.2. The minimum absolute atomic E-state index is 0.253. The third-order valence-corrected chi connectivity index (χ3v) is 6.77. The van der Waals surface area contributed by atoms with Crippen molar-refractivity contribution in [3.8, 4) is 0 Å². The van der Waals surface area contributed by atoms with Crippen molar-refractivity contribution in [3.05, 3.63) is 0 Å². The van der Waals surface area contributed by atoms with E-state index in [4.69, 9.17) is 0 Å². The van der Waals surface area contributed by atoms with Crippen LogP contribution in [0.1, 0.15) is 40.0 Å². The molecule has 5 heteroatoms. The van der Waals surface area contributed by atoms with Gasteiger partial charge in [0.1, 0.15) is 0 Å². The van der Waals surface area contributed by atoms with Gasteiger partial charge in [-0.3, -0.25) is 0 Å². The van der Waals surface area contributed by atoms with Crippen molar-refractivity contribution in [1.29, 1.82) is 0 Å². The molecule has 1 rings (SSSR count). The molecule has 0 aromatic carbocycles. The van der Waals surface area contributed by atoms with E-state index < -0.39 is 9.84 Å². The first-order valence-electron chi connectivity index (χ1n) is 6.52. The van der Waals surface area contributed by atoms with Gasteiger partial charge in [0.25, 0.3) is 0 Å². The molecule has 1 aliphatic carbocycles. The Kier molecular flexibility index (Phi) is 6.31. The molecule has 0 bridgehead atoms. The average molecular weight is 279 g/mol. The summed E-state index contributed by atoms with van der Waals surface area (Å²) < 4.78 is 23.3. The van der Waals surface area contributed by atoms with E-state index in [1.165, 1.54) is 25.0 Å². The molecule has 0 aromatic rings. The summed E-state index contributed by atoms with van der Waals surface area (Å²) in [6.45, 7) is 6.30. The van der Waals surface area contributed by atoms with E-state index >= 15 is 0 Å². The van der Waals surface area contributed by atoms with Crippen LogP contribution in [0, 0.1) is 0 Å². The lowest BCUT2D eigenvalue weighted by Gasteiger charge is -2.14. The summed E-state index contributed by atoms with van der Waals surface area (Å²) in [5.41, 5.74) is 0. The second-order valence-electron chi connectivity index (χ2n) is 4.96. The molecule has 1 aliphatic rings. The predicted octanol–water partition coefficient (Wildman–Crippen LogP) is 2.07. The van der Waals surface area contributed by atoms with Gasteiger partial charge in [0.2, 0.25) is 0 Å². The maximum Gasteiger partial charge on any atom is 0.153 e. The highest BCUT2D eigenvalue weighted by Gasteiger charge is 2.24. The van der Waals surface area contributed by atoms with Crippen LogP contribution >= 0.6 is 11.8 Å². The van der Waals surface area contributed by atoms with Gasteiger partial charge in [-0.25, -0.2) is 8.42 Å². The number of nitrogens with one attached hydrogen (secondary N) is 1. The van der Waals surface area contributed by atoms with Gasteiger partial charge < -0.3 is 5.32 Å². The minimum atomic E-state index is -2.88. The van der Waals surface area contributed by atoms with Crippen molar-refractivity contribution >= 4 is 21.6 Å². The van der Waals surface area contributed by atoms with Gasteiger partial charge in [-0.2, -0.15) is 11.8 Å². The molecular formula is C12H25NO2S2. The predicted molar refractivity (Wildman–Crippen MR) is 76.5 cm³/mol. The Balaban J connectivity index is 2.21. The monoisotopic (exact) mass is 279 g/mol. The average Bonchev–Trinajstić information content (AvgIpc) is 2.66. The number of hydrogen-bond donors (Lipinski definition) is 1. The summed E-state index contributed by atoms with van der Waals surface area (Å²) in [7, 11) is -2.88. The van der Waals surface area contributed by atoms with Gasteiger partial charge in [-0.15, -0.1) is 0 Å². The summed E-state index contributed by atoms with van der Waals surface area (Å²) in [4.78, 5) is 0. The molecule has 0 aromatic heterocycles. The van der Waals surface area contributed by atoms with Gasteiger partial charge in [0.15, 0.2) is 9.84 Å². The third kappa shape index (κ3) is 5.18. The highest BCUT2D eigenvalue weighted by molar-refractivity contribution is 7.99.